The minimum absolute atomic E-state index is 0.0987. The third-order valence-corrected chi connectivity index (χ3v) is 4.57. The van der Waals surface area contributed by atoms with Crippen LogP contribution in [0.2, 0.25) is 5.02 Å². The van der Waals surface area contributed by atoms with Crippen LogP contribution >= 0.6 is 11.6 Å². The monoisotopic (exact) mass is 403 g/mol. The highest BCUT2D eigenvalue weighted by Gasteiger charge is 2.10. The van der Waals surface area contributed by atoms with E-state index in [0.717, 1.165) is 11.3 Å². The molecule has 0 unspecified atom stereocenters. The third kappa shape index (κ3) is 7.21. The van der Waals surface area contributed by atoms with Crippen molar-refractivity contribution < 1.29 is 14.3 Å². The van der Waals surface area contributed by atoms with Crippen molar-refractivity contribution in [2.24, 2.45) is 0 Å². The Kier molecular flexibility index (Phi) is 8.29. The Hall–Kier alpha value is -2.57. The number of anilines is 1. The molecule has 0 bridgehead atoms. The lowest BCUT2D eigenvalue weighted by molar-refractivity contribution is -0.124. The van der Waals surface area contributed by atoms with Gasteiger partial charge < -0.3 is 15.4 Å². The smallest absolute Gasteiger partial charge is 0.243 e. The van der Waals surface area contributed by atoms with Crippen molar-refractivity contribution in [1.29, 1.82) is 0 Å². The van der Waals surface area contributed by atoms with Crippen LogP contribution in [0.15, 0.2) is 42.5 Å². The van der Waals surface area contributed by atoms with Crippen LogP contribution in [-0.2, 0) is 9.59 Å². The molecule has 0 aliphatic rings. The summed E-state index contributed by atoms with van der Waals surface area (Å²) in [7, 11) is 1.83. The van der Waals surface area contributed by atoms with E-state index in [1.165, 1.54) is 5.56 Å². The first kappa shape index (κ1) is 21.7. The van der Waals surface area contributed by atoms with E-state index in [-0.39, 0.29) is 24.9 Å². The van der Waals surface area contributed by atoms with E-state index < -0.39 is 0 Å². The Morgan fingerprint density at radius 1 is 1.07 bits per heavy atom. The van der Waals surface area contributed by atoms with Crippen LogP contribution in [0.5, 0.6) is 5.75 Å². The Labute approximate surface area is 170 Å². The van der Waals surface area contributed by atoms with E-state index in [4.69, 9.17) is 16.3 Å². The quantitative estimate of drug-likeness (QED) is 0.675. The summed E-state index contributed by atoms with van der Waals surface area (Å²) in [4.78, 5) is 25.9. The maximum atomic E-state index is 12.0. The predicted molar refractivity (Wildman–Crippen MR) is 112 cm³/mol. The Bertz CT molecular complexity index is 809. The molecule has 7 heteroatoms. The van der Waals surface area contributed by atoms with Crippen molar-refractivity contribution in [1.82, 2.24) is 10.2 Å². The molecule has 0 aliphatic heterocycles. The maximum absolute atomic E-state index is 12.0. The molecule has 0 radical (unpaired) electrons. The molecule has 2 N–H and O–H groups in total. The number of likely N-dealkylation sites (N-methyl/N-ethyl adjacent to an activating group) is 1. The lowest BCUT2D eigenvalue weighted by Crippen LogP contribution is -2.40. The van der Waals surface area contributed by atoms with Gasteiger partial charge in [-0.25, -0.2) is 0 Å². The summed E-state index contributed by atoms with van der Waals surface area (Å²) in [6, 6.07) is 13.1. The van der Waals surface area contributed by atoms with Crippen LogP contribution in [0, 0.1) is 13.8 Å². The van der Waals surface area contributed by atoms with Gasteiger partial charge in [0.2, 0.25) is 11.8 Å². The maximum Gasteiger partial charge on any atom is 0.243 e. The van der Waals surface area contributed by atoms with Crippen molar-refractivity contribution >= 4 is 29.1 Å². The van der Waals surface area contributed by atoms with Crippen molar-refractivity contribution in [3.05, 3.63) is 58.6 Å². The topological polar surface area (TPSA) is 70.7 Å². The third-order valence-electron chi connectivity index (χ3n) is 4.16. The molecular weight excluding hydrogens is 378 g/mol. The molecule has 2 amide bonds. The normalized spacial score (nSPS) is 10.6. The minimum Gasteiger partial charge on any atom is -0.492 e. The molecule has 150 valence electrons. The second-order valence-electron chi connectivity index (χ2n) is 6.64. The number of ether oxygens (including phenoxy) is 1. The summed E-state index contributed by atoms with van der Waals surface area (Å²) < 4.78 is 5.65. The molecule has 6 nitrogen and oxygen atoms in total. The first-order chi connectivity index (χ1) is 13.3. The first-order valence-corrected chi connectivity index (χ1v) is 9.42. The van der Waals surface area contributed by atoms with Crippen LogP contribution in [0.4, 0.5) is 5.69 Å². The number of hydrogen-bond acceptors (Lipinski definition) is 4. The first-order valence-electron chi connectivity index (χ1n) is 9.05. The SMILES string of the molecule is Cc1ccc(OCCN(C)CC(=O)NCC(=O)Nc2cccc(Cl)c2C)cc1. The molecule has 0 aromatic heterocycles. The van der Waals surface area contributed by atoms with E-state index in [1.807, 2.05) is 50.1 Å². The van der Waals surface area contributed by atoms with Gasteiger partial charge >= 0.3 is 0 Å². The number of nitrogens with one attached hydrogen (secondary N) is 2. The van der Waals surface area contributed by atoms with Crippen molar-refractivity contribution in [2.75, 3.05) is 38.6 Å². The van der Waals surface area contributed by atoms with E-state index >= 15 is 0 Å². The van der Waals surface area contributed by atoms with Crippen molar-refractivity contribution in [3.8, 4) is 5.75 Å². The van der Waals surface area contributed by atoms with Crippen LogP contribution < -0.4 is 15.4 Å². The second kappa shape index (κ2) is 10.7. The Morgan fingerprint density at radius 2 is 1.79 bits per heavy atom. The number of rotatable bonds is 9. The predicted octanol–water partition coefficient (Wildman–Crippen LogP) is 3.02. The number of carbonyl (C=O) groups is 2. The molecule has 0 fully saturated rings. The van der Waals surface area contributed by atoms with Gasteiger partial charge in [0.15, 0.2) is 0 Å². The number of carbonyl (C=O) groups excluding carboxylic acids is 2. The Balaban J connectivity index is 1.66. The number of hydrogen-bond donors (Lipinski definition) is 2. The van der Waals surface area contributed by atoms with Gasteiger partial charge in [-0.3, -0.25) is 14.5 Å². The minimum atomic E-state index is -0.302. The van der Waals surface area contributed by atoms with Gasteiger partial charge in [-0.1, -0.05) is 35.4 Å². The molecule has 2 aromatic carbocycles. The lowest BCUT2D eigenvalue weighted by Gasteiger charge is -2.17. The van der Waals surface area contributed by atoms with E-state index in [2.05, 4.69) is 10.6 Å². The second-order valence-corrected chi connectivity index (χ2v) is 7.04. The highest BCUT2D eigenvalue weighted by Crippen LogP contribution is 2.22. The van der Waals surface area contributed by atoms with E-state index in [9.17, 15) is 9.59 Å². The van der Waals surface area contributed by atoms with Gasteiger partial charge in [0.25, 0.3) is 0 Å². The molecule has 0 aliphatic carbocycles. The number of amides is 2. The fraction of sp³-hybridized carbons (Fsp3) is 0.333. The highest BCUT2D eigenvalue weighted by molar-refractivity contribution is 6.31. The van der Waals surface area contributed by atoms with Gasteiger partial charge in [-0.05, 0) is 50.7 Å². The van der Waals surface area contributed by atoms with Crippen molar-refractivity contribution in [3.63, 3.8) is 0 Å². The summed E-state index contributed by atoms with van der Waals surface area (Å²) >= 11 is 6.03. The zero-order valence-corrected chi connectivity index (χ0v) is 17.2. The molecule has 2 rings (SSSR count). The van der Waals surface area contributed by atoms with E-state index in [1.54, 1.807) is 18.2 Å². The molecule has 28 heavy (non-hydrogen) atoms. The number of benzene rings is 2. The average molecular weight is 404 g/mol. The van der Waals surface area contributed by atoms with Crippen LogP contribution in [0.25, 0.3) is 0 Å². The average Bonchev–Trinajstić information content (AvgIpc) is 2.65. The van der Waals surface area contributed by atoms with Crippen molar-refractivity contribution in [2.45, 2.75) is 13.8 Å². The fourth-order valence-corrected chi connectivity index (χ4v) is 2.62. The molecule has 0 saturated carbocycles. The largest absolute Gasteiger partial charge is 0.492 e. The molecule has 0 atom stereocenters. The van der Waals surface area contributed by atoms with Crippen LogP contribution in [-0.4, -0.2) is 50.0 Å². The van der Waals surface area contributed by atoms with Gasteiger partial charge in [0, 0.05) is 17.3 Å². The lowest BCUT2D eigenvalue weighted by atomic mass is 10.2. The summed E-state index contributed by atoms with van der Waals surface area (Å²) in [6.45, 7) is 4.99. The molecule has 0 spiro atoms. The summed E-state index contributed by atoms with van der Waals surface area (Å²) in [6.07, 6.45) is 0. The van der Waals surface area contributed by atoms with Gasteiger partial charge in [-0.15, -0.1) is 0 Å². The molecule has 2 aromatic rings. The van der Waals surface area contributed by atoms with E-state index in [0.29, 0.717) is 23.9 Å². The molecule has 0 heterocycles. The van der Waals surface area contributed by atoms with Gasteiger partial charge in [0.1, 0.15) is 12.4 Å². The summed E-state index contributed by atoms with van der Waals surface area (Å²) in [5.74, 6) is 0.274. The van der Waals surface area contributed by atoms with Gasteiger partial charge in [-0.2, -0.15) is 0 Å². The zero-order valence-electron chi connectivity index (χ0n) is 16.4. The summed E-state index contributed by atoms with van der Waals surface area (Å²) in [5.41, 5.74) is 2.60. The fourth-order valence-electron chi connectivity index (χ4n) is 2.45. The highest BCUT2D eigenvalue weighted by atomic mass is 35.5. The zero-order chi connectivity index (χ0) is 20.5. The molecular formula is C21H26ClN3O3. The van der Waals surface area contributed by atoms with Gasteiger partial charge in [0.05, 0.1) is 13.1 Å². The van der Waals surface area contributed by atoms with Crippen LogP contribution in [0.1, 0.15) is 11.1 Å². The number of nitrogens with zero attached hydrogens (tertiary/aromatic N) is 1. The Morgan fingerprint density at radius 3 is 2.50 bits per heavy atom. The molecule has 0 saturated heterocycles. The van der Waals surface area contributed by atoms with Crippen LogP contribution in [0.3, 0.4) is 0 Å². The number of halogens is 1. The summed E-state index contributed by atoms with van der Waals surface area (Å²) in [5, 5.41) is 5.94. The standard InChI is InChI=1S/C21H26ClN3O3/c1-15-7-9-17(10-8-15)28-12-11-25(3)14-21(27)23-13-20(26)24-19-6-4-5-18(22)16(19)2/h4-10H,11-14H2,1-3H3,(H,23,27)(H,24,26). The number of aryl methyl sites for hydroxylation is 1.